The summed E-state index contributed by atoms with van der Waals surface area (Å²) < 4.78 is 45.6. The average Bonchev–Trinajstić information content (AvgIpc) is 3.57. The maximum atomic E-state index is 13.6. The minimum atomic E-state index is -4.60. The third-order valence-corrected chi connectivity index (χ3v) is 7.11. The first kappa shape index (κ1) is 28.3. The molecule has 0 saturated carbocycles. The number of benzene rings is 2. The first-order chi connectivity index (χ1) is 18.4. The zero-order chi connectivity index (χ0) is 28.5. The Morgan fingerprint density at radius 3 is 2.49 bits per heavy atom. The van der Waals surface area contributed by atoms with Gasteiger partial charge in [0.2, 0.25) is 5.91 Å². The van der Waals surface area contributed by atoms with Gasteiger partial charge in [0.1, 0.15) is 11.9 Å². The summed E-state index contributed by atoms with van der Waals surface area (Å²) in [6, 6.07) is 7.52. The van der Waals surface area contributed by atoms with Crippen molar-refractivity contribution in [3.05, 3.63) is 59.0 Å². The molecule has 2 heterocycles. The summed E-state index contributed by atoms with van der Waals surface area (Å²) in [6.45, 7) is 4.20. The van der Waals surface area contributed by atoms with E-state index in [9.17, 15) is 22.8 Å². The molecule has 0 radical (unpaired) electrons. The molecule has 1 aromatic heterocycles. The smallest absolute Gasteiger partial charge is 0.417 e. The molecule has 12 heteroatoms. The Labute approximate surface area is 228 Å². The first-order valence-corrected chi connectivity index (χ1v) is 12.8. The molecule has 4 N–H and O–H groups in total. The Bertz CT molecular complexity index is 1360. The van der Waals surface area contributed by atoms with Crippen LogP contribution in [0.25, 0.3) is 22.4 Å². The predicted molar refractivity (Wildman–Crippen MR) is 142 cm³/mol. The number of likely N-dealkylation sites (tertiary alicyclic amines) is 1. The number of rotatable bonds is 6. The summed E-state index contributed by atoms with van der Waals surface area (Å²) in [5.41, 5.74) is 6.22. The zero-order valence-corrected chi connectivity index (χ0v) is 22.4. The lowest BCUT2D eigenvalue weighted by Gasteiger charge is -2.30. The second-order valence-corrected chi connectivity index (χ2v) is 10.1. The summed E-state index contributed by atoms with van der Waals surface area (Å²) in [6.07, 6.45) is -2.19. The van der Waals surface area contributed by atoms with Crippen LogP contribution in [0.4, 0.5) is 23.7 Å². The summed E-state index contributed by atoms with van der Waals surface area (Å²) in [5.74, 6) is 0.213. The number of halogens is 4. The fourth-order valence-corrected chi connectivity index (χ4v) is 4.90. The molecular formula is C27H29ClF3N5O3. The Morgan fingerprint density at radius 2 is 1.87 bits per heavy atom. The lowest BCUT2D eigenvalue weighted by Crippen LogP contribution is -2.51. The molecule has 2 amide bonds. The van der Waals surface area contributed by atoms with Crippen LogP contribution in [0.3, 0.4) is 0 Å². The van der Waals surface area contributed by atoms with Gasteiger partial charge in [-0.05, 0) is 47.6 Å². The monoisotopic (exact) mass is 563 g/mol. The van der Waals surface area contributed by atoms with Crippen molar-refractivity contribution in [2.75, 3.05) is 19.4 Å². The third kappa shape index (κ3) is 5.98. The van der Waals surface area contributed by atoms with Crippen molar-refractivity contribution >= 4 is 29.3 Å². The molecule has 1 saturated heterocycles. The van der Waals surface area contributed by atoms with Crippen LogP contribution >= 0.6 is 11.6 Å². The van der Waals surface area contributed by atoms with Crippen LogP contribution in [0, 0.1) is 5.92 Å². The van der Waals surface area contributed by atoms with Crippen LogP contribution in [0.1, 0.15) is 44.1 Å². The number of nitrogens with two attached hydrogens (primary N) is 1. The lowest BCUT2D eigenvalue weighted by molar-refractivity contribution is -0.137. The van der Waals surface area contributed by atoms with Crippen molar-refractivity contribution < 1.29 is 27.5 Å². The highest BCUT2D eigenvalue weighted by molar-refractivity contribution is 6.33. The van der Waals surface area contributed by atoms with Gasteiger partial charge in [0, 0.05) is 6.54 Å². The van der Waals surface area contributed by atoms with Crippen LogP contribution in [0.5, 0.6) is 0 Å². The molecule has 0 unspecified atom stereocenters. The van der Waals surface area contributed by atoms with E-state index in [0.29, 0.717) is 35.6 Å². The highest BCUT2D eigenvalue weighted by atomic mass is 35.5. The highest BCUT2D eigenvalue weighted by Crippen LogP contribution is 2.41. The number of amides is 2. The van der Waals surface area contributed by atoms with Crippen molar-refractivity contribution in [2.45, 2.75) is 44.9 Å². The molecule has 2 aromatic carbocycles. The second-order valence-electron chi connectivity index (χ2n) is 9.72. The third-order valence-electron chi connectivity index (χ3n) is 6.79. The Balaban J connectivity index is 1.57. The number of methoxy groups -OCH3 is 1. The largest absolute Gasteiger partial charge is 0.453 e. The van der Waals surface area contributed by atoms with Gasteiger partial charge in [-0.25, -0.2) is 9.78 Å². The summed E-state index contributed by atoms with van der Waals surface area (Å²) >= 11 is 6.02. The number of alkyl halides is 3. The number of alkyl carbamates (subject to hydrolysis) is 1. The van der Waals surface area contributed by atoms with E-state index in [0.717, 1.165) is 12.5 Å². The molecule has 39 heavy (non-hydrogen) atoms. The molecule has 208 valence electrons. The minimum absolute atomic E-state index is 0.0393. The van der Waals surface area contributed by atoms with E-state index >= 15 is 0 Å². The summed E-state index contributed by atoms with van der Waals surface area (Å²) in [5, 5.41) is 2.66. The molecule has 8 nitrogen and oxygen atoms in total. The normalized spacial score (nSPS) is 16.4. The molecule has 1 fully saturated rings. The van der Waals surface area contributed by atoms with Gasteiger partial charge in [-0.15, -0.1) is 0 Å². The standard InChI is InChI=1S/C27H29ClF3N5O3/c1-14(2)23(35-26(38)39-3)25(37)36-10-4-5-22(36)24-33-13-21(34-24)16-8-6-15(7-9-16)17-11-19(28)20(32)12-18(17)27(29,30)31/h6-9,11-14,22-23H,4-5,10,32H2,1-3H3,(H,33,34)(H,35,38)/t22-,23-/m0/s1. The van der Waals surface area contributed by atoms with E-state index < -0.39 is 23.9 Å². The number of H-pyrrole nitrogens is 1. The van der Waals surface area contributed by atoms with Gasteiger partial charge in [-0.3, -0.25) is 4.79 Å². The topological polar surface area (TPSA) is 113 Å². The molecule has 2 atom stereocenters. The van der Waals surface area contributed by atoms with Crippen LogP contribution in [0.15, 0.2) is 42.6 Å². The zero-order valence-electron chi connectivity index (χ0n) is 21.6. The number of carbonyl (C=O) groups excluding carboxylic acids is 2. The fraction of sp³-hybridized carbons (Fsp3) is 0.370. The summed E-state index contributed by atoms with van der Waals surface area (Å²) in [7, 11) is 1.24. The average molecular weight is 564 g/mol. The number of nitrogens with zero attached hydrogens (tertiary/aromatic N) is 2. The number of imidazole rings is 1. The number of ether oxygens (including phenoxy) is 1. The van der Waals surface area contributed by atoms with Gasteiger partial charge < -0.3 is 25.7 Å². The number of nitrogen functional groups attached to an aromatic ring is 1. The lowest BCUT2D eigenvalue weighted by atomic mass is 9.97. The van der Waals surface area contributed by atoms with Gasteiger partial charge in [-0.2, -0.15) is 13.2 Å². The van der Waals surface area contributed by atoms with E-state index in [4.69, 9.17) is 17.3 Å². The number of nitrogens with one attached hydrogen (secondary N) is 2. The van der Waals surface area contributed by atoms with E-state index in [-0.39, 0.29) is 34.1 Å². The van der Waals surface area contributed by atoms with Crippen molar-refractivity contribution in [3.8, 4) is 22.4 Å². The van der Waals surface area contributed by atoms with Gasteiger partial charge in [0.15, 0.2) is 0 Å². The number of hydrogen-bond acceptors (Lipinski definition) is 5. The van der Waals surface area contributed by atoms with E-state index in [2.05, 4.69) is 20.0 Å². The molecule has 3 aromatic rings. The maximum Gasteiger partial charge on any atom is 0.417 e. The first-order valence-electron chi connectivity index (χ1n) is 12.4. The van der Waals surface area contributed by atoms with Gasteiger partial charge in [0.25, 0.3) is 0 Å². The van der Waals surface area contributed by atoms with Crippen LogP contribution in [0.2, 0.25) is 5.02 Å². The molecule has 1 aliphatic heterocycles. The Kier molecular flexibility index (Phi) is 8.10. The van der Waals surface area contributed by atoms with Crippen molar-refractivity contribution in [1.29, 1.82) is 0 Å². The maximum absolute atomic E-state index is 13.6. The SMILES string of the molecule is COC(=O)N[C@H](C(=O)N1CCC[C@H]1c1ncc(-c2ccc(-c3cc(Cl)c(N)cc3C(F)(F)F)cc2)[nH]1)C(C)C. The second kappa shape index (κ2) is 11.2. The van der Waals surface area contributed by atoms with E-state index in [1.165, 1.54) is 13.2 Å². The van der Waals surface area contributed by atoms with Gasteiger partial charge >= 0.3 is 12.3 Å². The molecule has 0 bridgehead atoms. The van der Waals surface area contributed by atoms with Crippen molar-refractivity contribution in [3.63, 3.8) is 0 Å². The molecule has 0 aliphatic carbocycles. The predicted octanol–water partition coefficient (Wildman–Crippen LogP) is 6.04. The summed E-state index contributed by atoms with van der Waals surface area (Å²) in [4.78, 5) is 34.6. The Hall–Kier alpha value is -3.73. The van der Waals surface area contributed by atoms with Crippen LogP contribution in [-0.2, 0) is 15.7 Å². The minimum Gasteiger partial charge on any atom is -0.453 e. The van der Waals surface area contributed by atoms with Crippen LogP contribution in [-0.4, -0.2) is 46.6 Å². The number of carbonyl (C=O) groups is 2. The quantitative estimate of drug-likeness (QED) is 0.316. The Morgan fingerprint density at radius 1 is 1.21 bits per heavy atom. The van der Waals surface area contributed by atoms with E-state index in [1.807, 2.05) is 13.8 Å². The van der Waals surface area contributed by atoms with Gasteiger partial charge in [-0.1, -0.05) is 49.7 Å². The number of anilines is 1. The molecular weight excluding hydrogens is 535 g/mol. The number of aromatic nitrogens is 2. The van der Waals surface area contributed by atoms with Crippen molar-refractivity contribution in [1.82, 2.24) is 20.2 Å². The van der Waals surface area contributed by atoms with Crippen molar-refractivity contribution in [2.24, 2.45) is 5.92 Å². The number of hydrogen-bond donors (Lipinski definition) is 3. The van der Waals surface area contributed by atoms with E-state index in [1.54, 1.807) is 35.4 Å². The number of aromatic amines is 1. The van der Waals surface area contributed by atoms with Crippen LogP contribution < -0.4 is 11.1 Å². The molecule has 4 rings (SSSR count). The highest BCUT2D eigenvalue weighted by Gasteiger charge is 2.38. The van der Waals surface area contributed by atoms with Gasteiger partial charge in [0.05, 0.1) is 41.3 Å². The molecule has 0 spiro atoms. The fourth-order valence-electron chi connectivity index (χ4n) is 4.74. The molecule has 1 aliphatic rings.